The number of likely N-dealkylation sites (tertiary alicyclic amines) is 1. The molecule has 3 N–H and O–H groups in total. The molecule has 2 fully saturated rings. The number of anilines is 1. The van der Waals surface area contributed by atoms with E-state index in [0.29, 0.717) is 5.95 Å². The van der Waals surface area contributed by atoms with Crippen LogP contribution in [0.4, 0.5) is 5.95 Å². The predicted octanol–water partition coefficient (Wildman–Crippen LogP) is 2.35. The molecule has 0 radical (unpaired) electrons. The number of halogens is 1. The number of fused-ring (bicyclic) bond motifs is 2. The largest absolute Gasteiger partial charge is 0.368 e. The molecule has 0 bridgehead atoms. The molecule has 152 valence electrons. The van der Waals surface area contributed by atoms with Crippen molar-refractivity contribution in [3.63, 3.8) is 0 Å². The van der Waals surface area contributed by atoms with Crippen molar-refractivity contribution in [2.24, 2.45) is 5.41 Å². The maximum Gasteiger partial charge on any atom is 0.231 e. The van der Waals surface area contributed by atoms with Crippen LogP contribution in [0.5, 0.6) is 0 Å². The minimum Gasteiger partial charge on any atom is -0.368 e. The molecule has 7 heteroatoms. The molecule has 2 aromatic rings. The minimum absolute atomic E-state index is 0.0705. The number of benzene rings is 1. The van der Waals surface area contributed by atoms with Gasteiger partial charge in [-0.1, -0.05) is 23.7 Å². The summed E-state index contributed by atoms with van der Waals surface area (Å²) in [6.07, 6.45) is 6.65. The first-order valence-electron chi connectivity index (χ1n) is 10.4. The van der Waals surface area contributed by atoms with Crippen LogP contribution < -0.4 is 11.1 Å². The Morgan fingerprint density at radius 2 is 2.03 bits per heavy atom. The Labute approximate surface area is 175 Å². The predicted molar refractivity (Wildman–Crippen MR) is 113 cm³/mol. The van der Waals surface area contributed by atoms with Gasteiger partial charge in [-0.2, -0.15) is 0 Å². The van der Waals surface area contributed by atoms with Gasteiger partial charge in [0.15, 0.2) is 0 Å². The van der Waals surface area contributed by atoms with Crippen LogP contribution in [-0.2, 0) is 23.1 Å². The molecule has 1 aromatic heterocycles. The van der Waals surface area contributed by atoms with Gasteiger partial charge in [0.1, 0.15) is 0 Å². The van der Waals surface area contributed by atoms with E-state index in [-0.39, 0.29) is 16.7 Å². The zero-order chi connectivity index (χ0) is 20.1. The van der Waals surface area contributed by atoms with Crippen molar-refractivity contribution < 1.29 is 4.79 Å². The highest BCUT2D eigenvalue weighted by atomic mass is 35.5. The van der Waals surface area contributed by atoms with Crippen LogP contribution in [0.15, 0.2) is 30.5 Å². The number of nitrogen functional groups attached to an aromatic ring is 1. The number of rotatable bonds is 3. The monoisotopic (exact) mass is 411 g/mol. The highest BCUT2D eigenvalue weighted by Gasteiger charge is 2.50. The van der Waals surface area contributed by atoms with Crippen LogP contribution in [0.25, 0.3) is 0 Å². The summed E-state index contributed by atoms with van der Waals surface area (Å²) in [7, 11) is 0. The molecule has 2 saturated heterocycles. The van der Waals surface area contributed by atoms with Crippen molar-refractivity contribution >= 4 is 23.5 Å². The van der Waals surface area contributed by atoms with Crippen molar-refractivity contribution in [2.45, 2.75) is 37.5 Å². The number of nitrogens with zero attached hydrogens (tertiary/aromatic N) is 3. The molecule has 1 amide bonds. The third-order valence-corrected chi connectivity index (χ3v) is 7.21. The number of hydrogen-bond donors (Lipinski definition) is 2. The average Bonchev–Trinajstić information content (AvgIpc) is 3.03. The zero-order valence-corrected chi connectivity index (χ0v) is 17.2. The Kier molecular flexibility index (Phi) is 4.51. The third kappa shape index (κ3) is 3.19. The normalized spacial score (nSPS) is 24.9. The van der Waals surface area contributed by atoms with Gasteiger partial charge >= 0.3 is 0 Å². The Bertz CT molecular complexity index is 939. The maximum atomic E-state index is 13.7. The SMILES string of the molecule is Nc1ncc2c(n1)C1(CCCN(C(=O)C3(Cc4ccc(Cl)cc4)CNC3)C1)CC2. The Balaban J connectivity index is 1.39. The fourth-order valence-corrected chi connectivity index (χ4v) is 5.49. The van der Waals surface area contributed by atoms with Crippen molar-refractivity contribution in [1.82, 2.24) is 20.2 Å². The lowest BCUT2D eigenvalue weighted by Crippen LogP contribution is -2.65. The molecule has 1 spiro atoms. The lowest BCUT2D eigenvalue weighted by molar-refractivity contribution is -0.147. The summed E-state index contributed by atoms with van der Waals surface area (Å²) < 4.78 is 0. The Morgan fingerprint density at radius 3 is 2.76 bits per heavy atom. The number of amides is 1. The molecule has 1 unspecified atom stereocenters. The molecule has 1 aromatic carbocycles. The first-order chi connectivity index (χ1) is 14.0. The molecule has 1 aliphatic carbocycles. The highest BCUT2D eigenvalue weighted by molar-refractivity contribution is 6.30. The van der Waals surface area contributed by atoms with E-state index in [1.807, 2.05) is 30.5 Å². The number of piperidine rings is 1. The summed E-state index contributed by atoms with van der Waals surface area (Å²) >= 11 is 6.03. The van der Waals surface area contributed by atoms with E-state index in [2.05, 4.69) is 20.2 Å². The number of nitrogens with two attached hydrogens (primary N) is 1. The molecule has 5 rings (SSSR count). The van der Waals surface area contributed by atoms with Gasteiger partial charge in [0.05, 0.1) is 11.1 Å². The molecule has 6 nitrogen and oxygen atoms in total. The second-order valence-electron chi connectivity index (χ2n) is 8.90. The number of nitrogens with one attached hydrogen (secondary N) is 1. The molecule has 2 aliphatic heterocycles. The van der Waals surface area contributed by atoms with Gasteiger partial charge < -0.3 is 16.0 Å². The van der Waals surface area contributed by atoms with Gasteiger partial charge in [-0.3, -0.25) is 4.79 Å². The molecule has 1 atom stereocenters. The summed E-state index contributed by atoms with van der Waals surface area (Å²) in [5, 5.41) is 4.05. The van der Waals surface area contributed by atoms with Gasteiger partial charge in [-0.05, 0) is 55.4 Å². The second-order valence-corrected chi connectivity index (χ2v) is 9.34. The van der Waals surface area contributed by atoms with Gasteiger partial charge in [0, 0.05) is 42.8 Å². The molecule has 0 saturated carbocycles. The zero-order valence-electron chi connectivity index (χ0n) is 16.5. The fourth-order valence-electron chi connectivity index (χ4n) is 5.36. The van der Waals surface area contributed by atoms with Crippen molar-refractivity contribution in [1.29, 1.82) is 0 Å². The summed E-state index contributed by atoms with van der Waals surface area (Å²) in [4.78, 5) is 24.6. The molecule has 3 aliphatic rings. The van der Waals surface area contributed by atoms with E-state index in [1.165, 1.54) is 5.56 Å². The quantitative estimate of drug-likeness (QED) is 0.809. The van der Waals surface area contributed by atoms with Gasteiger partial charge in [0.2, 0.25) is 11.9 Å². The maximum absolute atomic E-state index is 13.7. The van der Waals surface area contributed by atoms with Gasteiger partial charge in [-0.15, -0.1) is 0 Å². The van der Waals surface area contributed by atoms with E-state index in [1.54, 1.807) is 0 Å². The smallest absolute Gasteiger partial charge is 0.231 e. The first kappa shape index (κ1) is 18.8. The van der Waals surface area contributed by atoms with E-state index in [0.717, 1.165) is 74.6 Å². The summed E-state index contributed by atoms with van der Waals surface area (Å²) in [5.41, 5.74) is 8.87. The van der Waals surface area contributed by atoms with Crippen LogP contribution in [0.2, 0.25) is 5.02 Å². The van der Waals surface area contributed by atoms with E-state index < -0.39 is 0 Å². The second kappa shape index (κ2) is 6.96. The van der Waals surface area contributed by atoms with Crippen molar-refractivity contribution in [2.75, 3.05) is 31.9 Å². The number of aryl methyl sites for hydroxylation is 1. The number of carbonyl (C=O) groups excluding carboxylic acids is 1. The minimum atomic E-state index is -0.363. The van der Waals surface area contributed by atoms with Gasteiger partial charge in [-0.25, -0.2) is 9.97 Å². The van der Waals surface area contributed by atoms with Crippen molar-refractivity contribution in [3.8, 4) is 0 Å². The molecule has 29 heavy (non-hydrogen) atoms. The van der Waals surface area contributed by atoms with Crippen LogP contribution >= 0.6 is 11.6 Å². The Morgan fingerprint density at radius 1 is 1.24 bits per heavy atom. The lowest BCUT2D eigenvalue weighted by Gasteiger charge is -2.48. The number of aromatic nitrogens is 2. The molecular weight excluding hydrogens is 386 g/mol. The highest BCUT2D eigenvalue weighted by Crippen LogP contribution is 2.45. The summed E-state index contributed by atoms with van der Waals surface area (Å²) in [6.45, 7) is 3.00. The van der Waals surface area contributed by atoms with E-state index >= 15 is 0 Å². The molecular formula is C22H26ClN5O. The average molecular weight is 412 g/mol. The summed E-state index contributed by atoms with van der Waals surface area (Å²) in [5.74, 6) is 0.594. The van der Waals surface area contributed by atoms with E-state index in [4.69, 9.17) is 17.3 Å². The van der Waals surface area contributed by atoms with Crippen molar-refractivity contribution in [3.05, 3.63) is 52.3 Å². The lowest BCUT2D eigenvalue weighted by atomic mass is 9.72. The first-order valence-corrected chi connectivity index (χ1v) is 10.7. The molecule has 3 heterocycles. The van der Waals surface area contributed by atoms with Crippen LogP contribution in [-0.4, -0.2) is 47.0 Å². The standard InChI is InChI=1S/C22H26ClN5O/c23-17-4-2-15(3-5-17)10-22(12-25-13-22)19(29)28-9-1-7-21(14-28)8-6-16-11-26-20(24)27-18(16)21/h2-5,11,25H,1,6-10,12-14H2,(H2,24,26,27). The third-order valence-electron chi connectivity index (χ3n) is 6.96. The van der Waals surface area contributed by atoms with Gasteiger partial charge in [0.25, 0.3) is 0 Å². The van der Waals surface area contributed by atoms with Crippen LogP contribution in [0, 0.1) is 5.41 Å². The fraction of sp³-hybridized carbons (Fsp3) is 0.500. The number of hydrogen-bond acceptors (Lipinski definition) is 5. The Hall–Kier alpha value is -2.18. The van der Waals surface area contributed by atoms with Crippen LogP contribution in [0.3, 0.4) is 0 Å². The number of carbonyl (C=O) groups is 1. The van der Waals surface area contributed by atoms with E-state index in [9.17, 15) is 4.79 Å². The topological polar surface area (TPSA) is 84.1 Å². The summed E-state index contributed by atoms with van der Waals surface area (Å²) in [6, 6.07) is 7.85. The van der Waals surface area contributed by atoms with Crippen LogP contribution in [0.1, 0.15) is 36.1 Å².